The highest BCUT2D eigenvalue weighted by Crippen LogP contribution is 2.18. The van der Waals surface area contributed by atoms with Gasteiger partial charge in [-0.25, -0.2) is 12.8 Å². The van der Waals surface area contributed by atoms with Gasteiger partial charge in [-0.3, -0.25) is 4.79 Å². The maximum absolute atomic E-state index is 13.0. The van der Waals surface area contributed by atoms with E-state index in [0.29, 0.717) is 6.42 Å². The van der Waals surface area contributed by atoms with Crippen molar-refractivity contribution < 1.29 is 17.6 Å². The summed E-state index contributed by atoms with van der Waals surface area (Å²) >= 11 is 0. The van der Waals surface area contributed by atoms with Gasteiger partial charge in [0, 0.05) is 18.7 Å². The van der Waals surface area contributed by atoms with Gasteiger partial charge in [-0.05, 0) is 24.6 Å². The van der Waals surface area contributed by atoms with E-state index in [1.54, 1.807) is 7.05 Å². The molecule has 1 aliphatic rings. The fraction of sp³-hybridized carbons (Fsp3) is 0.417. The normalized spacial score (nSPS) is 21.8. The highest BCUT2D eigenvalue weighted by Gasteiger charge is 2.33. The summed E-state index contributed by atoms with van der Waals surface area (Å²) in [6.07, 6.45) is 0.444. The Morgan fingerprint density at radius 1 is 1.44 bits per heavy atom. The van der Waals surface area contributed by atoms with E-state index in [0.717, 1.165) is 6.07 Å². The van der Waals surface area contributed by atoms with Crippen LogP contribution in [0.3, 0.4) is 0 Å². The maximum atomic E-state index is 13.0. The lowest BCUT2D eigenvalue weighted by molar-refractivity contribution is 0.0747. The van der Waals surface area contributed by atoms with E-state index in [9.17, 15) is 17.6 Å². The van der Waals surface area contributed by atoms with Gasteiger partial charge in [0.15, 0.2) is 9.84 Å². The Morgan fingerprint density at radius 2 is 2.17 bits per heavy atom. The fourth-order valence-corrected chi connectivity index (χ4v) is 3.85. The predicted octanol–water partition coefficient (Wildman–Crippen LogP) is 1.08. The van der Waals surface area contributed by atoms with Crippen molar-refractivity contribution in [2.75, 3.05) is 18.6 Å². The number of benzene rings is 1. The van der Waals surface area contributed by atoms with Crippen LogP contribution in [-0.4, -0.2) is 43.8 Å². The number of hydrogen-bond acceptors (Lipinski definition) is 3. The predicted molar refractivity (Wildman–Crippen MR) is 65.6 cm³/mol. The van der Waals surface area contributed by atoms with Gasteiger partial charge in [0.25, 0.3) is 5.91 Å². The van der Waals surface area contributed by atoms with E-state index in [1.165, 1.54) is 23.1 Å². The molecule has 1 saturated heterocycles. The van der Waals surface area contributed by atoms with E-state index >= 15 is 0 Å². The summed E-state index contributed by atoms with van der Waals surface area (Å²) in [4.78, 5) is 13.4. The lowest BCUT2D eigenvalue weighted by atomic mass is 10.1. The molecule has 6 heteroatoms. The van der Waals surface area contributed by atoms with Crippen LogP contribution in [0.4, 0.5) is 4.39 Å². The minimum atomic E-state index is -3.03. The number of nitrogens with zero attached hydrogens (tertiary/aromatic N) is 1. The van der Waals surface area contributed by atoms with Crippen molar-refractivity contribution >= 4 is 15.7 Å². The molecule has 0 saturated carbocycles. The van der Waals surface area contributed by atoms with Gasteiger partial charge in [-0.2, -0.15) is 0 Å². The first-order chi connectivity index (χ1) is 8.39. The van der Waals surface area contributed by atoms with Crippen LogP contribution in [-0.2, 0) is 9.84 Å². The second-order valence-corrected chi connectivity index (χ2v) is 6.71. The molecular weight excluding hydrogens is 257 g/mol. The van der Waals surface area contributed by atoms with Crippen LogP contribution < -0.4 is 0 Å². The molecule has 18 heavy (non-hydrogen) atoms. The molecule has 0 radical (unpaired) electrons. The molecule has 0 aromatic heterocycles. The van der Waals surface area contributed by atoms with Gasteiger partial charge in [0.2, 0.25) is 0 Å². The molecule has 0 spiro atoms. The number of carbonyl (C=O) groups excluding carboxylic acids is 1. The highest BCUT2D eigenvalue weighted by atomic mass is 32.2. The van der Waals surface area contributed by atoms with Gasteiger partial charge in [-0.15, -0.1) is 0 Å². The third-order valence-electron chi connectivity index (χ3n) is 3.15. The lowest BCUT2D eigenvalue weighted by Gasteiger charge is -2.23. The summed E-state index contributed by atoms with van der Waals surface area (Å²) in [7, 11) is -1.48. The van der Waals surface area contributed by atoms with E-state index in [2.05, 4.69) is 0 Å². The first-order valence-corrected chi connectivity index (χ1v) is 7.44. The van der Waals surface area contributed by atoms with Crippen LogP contribution in [0.5, 0.6) is 0 Å². The second kappa shape index (κ2) is 4.68. The van der Waals surface area contributed by atoms with Gasteiger partial charge in [0.1, 0.15) is 5.82 Å². The van der Waals surface area contributed by atoms with Crippen molar-refractivity contribution in [1.82, 2.24) is 4.90 Å². The molecule has 98 valence electrons. The van der Waals surface area contributed by atoms with Crippen molar-refractivity contribution in [3.63, 3.8) is 0 Å². The Morgan fingerprint density at radius 3 is 2.72 bits per heavy atom. The Labute approximate surface area is 105 Å². The topological polar surface area (TPSA) is 54.5 Å². The summed E-state index contributed by atoms with van der Waals surface area (Å²) in [6, 6.07) is 5.08. The van der Waals surface area contributed by atoms with Gasteiger partial charge in [0.05, 0.1) is 11.5 Å². The van der Waals surface area contributed by atoms with Crippen molar-refractivity contribution in [1.29, 1.82) is 0 Å². The van der Waals surface area contributed by atoms with E-state index in [-0.39, 0.29) is 29.0 Å². The number of sulfone groups is 1. The standard InChI is InChI=1S/C12H14FNO3S/c1-14(11-5-6-18(16,17)8-11)12(15)9-3-2-4-10(13)7-9/h2-4,7,11H,5-6,8H2,1H3. The Hall–Kier alpha value is -1.43. The Kier molecular flexibility index (Phi) is 3.38. The fourth-order valence-electron chi connectivity index (χ4n) is 2.07. The zero-order valence-corrected chi connectivity index (χ0v) is 10.8. The van der Waals surface area contributed by atoms with Crippen LogP contribution in [0.25, 0.3) is 0 Å². The maximum Gasteiger partial charge on any atom is 0.253 e. The molecule has 1 fully saturated rings. The minimum Gasteiger partial charge on any atom is -0.338 e. The van der Waals surface area contributed by atoms with E-state index in [1.807, 2.05) is 0 Å². The highest BCUT2D eigenvalue weighted by molar-refractivity contribution is 7.91. The quantitative estimate of drug-likeness (QED) is 0.809. The van der Waals surface area contributed by atoms with Crippen LogP contribution >= 0.6 is 0 Å². The zero-order chi connectivity index (χ0) is 13.3. The minimum absolute atomic E-state index is 0.00937. The summed E-state index contributed by atoms with van der Waals surface area (Å²) < 4.78 is 35.7. The molecule has 0 N–H and O–H groups in total. The number of hydrogen-bond donors (Lipinski definition) is 0. The van der Waals surface area contributed by atoms with Crippen LogP contribution in [0, 0.1) is 5.82 Å². The SMILES string of the molecule is CN(C(=O)c1cccc(F)c1)C1CCS(=O)(=O)C1. The summed E-state index contributed by atoms with van der Waals surface area (Å²) in [5.74, 6) is -0.729. The average molecular weight is 271 g/mol. The average Bonchev–Trinajstić information content (AvgIpc) is 2.68. The third-order valence-corrected chi connectivity index (χ3v) is 4.90. The van der Waals surface area contributed by atoms with Gasteiger partial charge in [-0.1, -0.05) is 6.07 Å². The van der Waals surface area contributed by atoms with Crippen LogP contribution in [0.2, 0.25) is 0 Å². The molecule has 1 amide bonds. The van der Waals surface area contributed by atoms with E-state index < -0.39 is 15.7 Å². The number of halogens is 1. The van der Waals surface area contributed by atoms with Crippen molar-refractivity contribution in [2.45, 2.75) is 12.5 Å². The smallest absolute Gasteiger partial charge is 0.253 e. The zero-order valence-electron chi connectivity index (χ0n) is 9.97. The summed E-state index contributed by atoms with van der Waals surface area (Å²) in [6.45, 7) is 0. The molecule has 1 unspecified atom stereocenters. The molecule has 0 aliphatic carbocycles. The first-order valence-electron chi connectivity index (χ1n) is 5.62. The number of amides is 1. The van der Waals surface area contributed by atoms with Crippen molar-refractivity contribution in [3.8, 4) is 0 Å². The molecule has 1 heterocycles. The Balaban J connectivity index is 2.15. The largest absolute Gasteiger partial charge is 0.338 e. The molecule has 0 bridgehead atoms. The summed E-state index contributed by atoms with van der Waals surface area (Å²) in [5.41, 5.74) is 0.238. The molecule has 2 rings (SSSR count). The van der Waals surface area contributed by atoms with E-state index in [4.69, 9.17) is 0 Å². The lowest BCUT2D eigenvalue weighted by Crippen LogP contribution is -2.37. The first kappa shape index (κ1) is 13.0. The number of rotatable bonds is 2. The van der Waals surface area contributed by atoms with Crippen LogP contribution in [0.1, 0.15) is 16.8 Å². The molecular formula is C12H14FNO3S. The number of carbonyl (C=O) groups is 1. The Bertz CT molecular complexity index is 570. The summed E-state index contributed by atoms with van der Waals surface area (Å²) in [5, 5.41) is 0. The van der Waals surface area contributed by atoms with Crippen molar-refractivity contribution in [2.24, 2.45) is 0 Å². The van der Waals surface area contributed by atoms with Crippen LogP contribution in [0.15, 0.2) is 24.3 Å². The van der Waals surface area contributed by atoms with Crippen molar-refractivity contribution in [3.05, 3.63) is 35.6 Å². The molecule has 1 atom stereocenters. The second-order valence-electron chi connectivity index (χ2n) is 4.48. The third kappa shape index (κ3) is 2.69. The molecule has 4 nitrogen and oxygen atoms in total. The molecule has 1 aromatic carbocycles. The van der Waals surface area contributed by atoms with Gasteiger partial charge >= 0.3 is 0 Å². The van der Waals surface area contributed by atoms with Gasteiger partial charge < -0.3 is 4.90 Å². The monoisotopic (exact) mass is 271 g/mol. The molecule has 1 aromatic rings. The molecule has 1 aliphatic heterocycles.